The van der Waals surface area contributed by atoms with Crippen molar-refractivity contribution >= 4 is 17.1 Å². The molecule has 5 rings (SSSR count). The minimum absolute atomic E-state index is 0.00269. The highest BCUT2D eigenvalue weighted by Crippen LogP contribution is 2.22. The van der Waals surface area contributed by atoms with E-state index in [1.807, 2.05) is 31.6 Å². The van der Waals surface area contributed by atoms with E-state index in [0.717, 1.165) is 30.8 Å². The van der Waals surface area contributed by atoms with Crippen molar-refractivity contribution in [1.29, 1.82) is 0 Å². The van der Waals surface area contributed by atoms with E-state index in [-0.39, 0.29) is 5.56 Å². The normalized spacial score (nSPS) is 15.6. The van der Waals surface area contributed by atoms with Crippen molar-refractivity contribution in [3.8, 4) is 5.69 Å². The molecule has 0 bridgehead atoms. The molecule has 0 saturated carbocycles. The molecule has 0 amide bonds. The van der Waals surface area contributed by atoms with Crippen LogP contribution in [-0.4, -0.2) is 28.4 Å². The highest BCUT2D eigenvalue weighted by atomic mass is 16.1. The van der Waals surface area contributed by atoms with Crippen LogP contribution in [0.25, 0.3) is 16.5 Å². The number of pyridine rings is 1. The van der Waals surface area contributed by atoms with Gasteiger partial charge >= 0.3 is 0 Å². The third kappa shape index (κ3) is 4.09. The van der Waals surface area contributed by atoms with Gasteiger partial charge in [0.05, 0.1) is 18.9 Å². The van der Waals surface area contributed by atoms with E-state index >= 15 is 0 Å². The van der Waals surface area contributed by atoms with Gasteiger partial charge in [-0.2, -0.15) is 0 Å². The lowest BCUT2D eigenvalue weighted by Crippen LogP contribution is -2.33. The zero-order valence-electron chi connectivity index (χ0n) is 18.5. The first-order valence-electron chi connectivity index (χ1n) is 11.1. The molecular formula is C28H27N3O. The van der Waals surface area contributed by atoms with Crippen molar-refractivity contribution < 1.29 is 0 Å². The van der Waals surface area contributed by atoms with Crippen LogP contribution in [0.2, 0.25) is 0 Å². The molecule has 4 nitrogen and oxygen atoms in total. The quantitative estimate of drug-likeness (QED) is 0.452. The van der Waals surface area contributed by atoms with Gasteiger partial charge in [0, 0.05) is 24.5 Å². The largest absolute Gasteiger partial charge is 0.353 e. The fourth-order valence-corrected chi connectivity index (χ4v) is 4.48. The maximum Gasteiger partial charge on any atom is 0.255 e. The van der Waals surface area contributed by atoms with Crippen LogP contribution in [0.1, 0.15) is 22.3 Å². The second-order valence-corrected chi connectivity index (χ2v) is 8.72. The summed E-state index contributed by atoms with van der Waals surface area (Å²) in [6.45, 7) is 5.73. The third-order valence-corrected chi connectivity index (χ3v) is 6.33. The Balaban J connectivity index is 1.33. The van der Waals surface area contributed by atoms with Gasteiger partial charge in [0.15, 0.2) is 0 Å². The van der Waals surface area contributed by atoms with Gasteiger partial charge in [0.1, 0.15) is 0 Å². The lowest BCUT2D eigenvalue weighted by atomic mass is 9.99. The van der Waals surface area contributed by atoms with Crippen LogP contribution >= 0.6 is 0 Å². The van der Waals surface area contributed by atoms with Crippen LogP contribution in [0.15, 0.2) is 88.8 Å². The Hall–Kier alpha value is -3.66. The number of aliphatic imine (C=N–C) groups is 1. The number of nitrogens with zero attached hydrogens (tertiary/aromatic N) is 3. The Morgan fingerprint density at radius 3 is 2.59 bits per heavy atom. The van der Waals surface area contributed by atoms with Gasteiger partial charge < -0.3 is 4.90 Å². The summed E-state index contributed by atoms with van der Waals surface area (Å²) in [6.07, 6.45) is 4.78. The summed E-state index contributed by atoms with van der Waals surface area (Å²) in [4.78, 5) is 19.3. The van der Waals surface area contributed by atoms with Crippen molar-refractivity contribution in [2.24, 2.45) is 4.99 Å². The van der Waals surface area contributed by atoms with Crippen molar-refractivity contribution in [3.63, 3.8) is 0 Å². The number of aryl methyl sites for hydroxylation is 2. The van der Waals surface area contributed by atoms with Crippen LogP contribution in [0.4, 0.5) is 0 Å². The average Bonchev–Trinajstić information content (AvgIpc) is 3.21. The van der Waals surface area contributed by atoms with E-state index in [4.69, 9.17) is 0 Å². The molecule has 1 aromatic heterocycles. The zero-order valence-corrected chi connectivity index (χ0v) is 18.5. The van der Waals surface area contributed by atoms with Crippen LogP contribution < -0.4 is 5.56 Å². The molecule has 0 spiro atoms. The highest BCUT2D eigenvalue weighted by Gasteiger charge is 2.22. The average molecular weight is 422 g/mol. The molecule has 160 valence electrons. The van der Waals surface area contributed by atoms with E-state index in [1.54, 1.807) is 10.6 Å². The molecule has 0 saturated heterocycles. The zero-order chi connectivity index (χ0) is 22.1. The molecular weight excluding hydrogens is 394 g/mol. The van der Waals surface area contributed by atoms with E-state index in [2.05, 4.69) is 71.4 Å². The summed E-state index contributed by atoms with van der Waals surface area (Å²) in [5, 5.41) is 2.54. The predicted molar refractivity (Wildman–Crippen MR) is 132 cm³/mol. The maximum absolute atomic E-state index is 12.4. The minimum Gasteiger partial charge on any atom is -0.353 e. The van der Waals surface area contributed by atoms with Crippen molar-refractivity contribution in [2.45, 2.75) is 32.9 Å². The lowest BCUT2D eigenvalue weighted by molar-refractivity contribution is 0.341. The number of rotatable bonds is 5. The van der Waals surface area contributed by atoms with Crippen molar-refractivity contribution in [2.75, 3.05) is 6.54 Å². The van der Waals surface area contributed by atoms with Gasteiger partial charge in [-0.1, -0.05) is 42.5 Å². The molecule has 0 fully saturated rings. The van der Waals surface area contributed by atoms with E-state index in [1.165, 1.54) is 27.5 Å². The molecule has 0 N–H and O–H groups in total. The number of hydrogen-bond donors (Lipinski definition) is 0. The molecule has 1 aliphatic heterocycles. The van der Waals surface area contributed by atoms with E-state index in [9.17, 15) is 4.79 Å². The number of hydrogen-bond acceptors (Lipinski definition) is 3. The first-order chi connectivity index (χ1) is 15.6. The molecule has 0 radical (unpaired) electrons. The van der Waals surface area contributed by atoms with E-state index < -0.39 is 0 Å². The molecule has 3 aromatic carbocycles. The monoisotopic (exact) mass is 421 g/mol. The minimum atomic E-state index is 0.00269. The molecule has 32 heavy (non-hydrogen) atoms. The molecule has 4 aromatic rings. The summed E-state index contributed by atoms with van der Waals surface area (Å²) in [5.41, 5.74) is 5.69. The maximum atomic E-state index is 12.4. The fourth-order valence-electron chi connectivity index (χ4n) is 4.48. The van der Waals surface area contributed by atoms with Gasteiger partial charge in [-0.25, -0.2) is 0 Å². The number of fused-ring (bicyclic) bond motifs is 1. The van der Waals surface area contributed by atoms with Gasteiger partial charge in [0.25, 0.3) is 5.56 Å². The van der Waals surface area contributed by atoms with Crippen LogP contribution in [-0.2, 0) is 13.0 Å². The second-order valence-electron chi connectivity index (χ2n) is 8.72. The third-order valence-electron chi connectivity index (χ3n) is 6.33. The smallest absolute Gasteiger partial charge is 0.255 e. The predicted octanol–water partition coefficient (Wildman–Crippen LogP) is 5.06. The van der Waals surface area contributed by atoms with Gasteiger partial charge in [-0.15, -0.1) is 0 Å². The Morgan fingerprint density at radius 2 is 1.78 bits per heavy atom. The molecule has 2 heterocycles. The summed E-state index contributed by atoms with van der Waals surface area (Å²) < 4.78 is 1.70. The van der Waals surface area contributed by atoms with Crippen molar-refractivity contribution in [1.82, 2.24) is 9.47 Å². The summed E-state index contributed by atoms with van der Waals surface area (Å²) >= 11 is 0. The first kappa shape index (κ1) is 20.3. The molecule has 4 heteroatoms. The van der Waals surface area contributed by atoms with Gasteiger partial charge in [-0.05, 0) is 77.6 Å². The molecule has 1 unspecified atom stereocenters. The topological polar surface area (TPSA) is 37.6 Å². The summed E-state index contributed by atoms with van der Waals surface area (Å²) in [7, 11) is 0. The Morgan fingerprint density at radius 1 is 0.938 bits per heavy atom. The Bertz CT molecular complexity index is 1370. The standard InChI is InChI=1S/C28H27N3O/c1-20-11-12-31(28(32)13-20)26-10-9-24(21(2)14-26)16-27-17-29-19-30(27)18-22-7-8-23-5-3-4-6-25(23)15-22/h3-15,19,27H,16-18H2,1-2H3. The fraction of sp³-hybridized carbons (Fsp3) is 0.214. The SMILES string of the molecule is Cc1ccn(-c2ccc(CC3CN=CN3Cc3ccc4ccccc4c3)c(C)c2)c(=O)c1. The van der Waals surface area contributed by atoms with Crippen LogP contribution in [0.5, 0.6) is 0 Å². The number of aromatic nitrogens is 1. The van der Waals surface area contributed by atoms with Gasteiger partial charge in [-0.3, -0.25) is 14.4 Å². The second kappa shape index (κ2) is 8.46. The summed E-state index contributed by atoms with van der Waals surface area (Å²) in [5.74, 6) is 0. The molecule has 1 atom stereocenters. The molecule has 1 aliphatic rings. The van der Waals surface area contributed by atoms with E-state index in [0.29, 0.717) is 6.04 Å². The highest BCUT2D eigenvalue weighted by molar-refractivity contribution is 5.83. The Kier molecular flexibility index (Phi) is 5.36. The first-order valence-corrected chi connectivity index (χ1v) is 11.1. The van der Waals surface area contributed by atoms with Crippen LogP contribution in [0.3, 0.4) is 0 Å². The number of benzene rings is 3. The Labute approximate surface area is 188 Å². The van der Waals surface area contributed by atoms with Crippen LogP contribution in [0, 0.1) is 13.8 Å². The van der Waals surface area contributed by atoms with Gasteiger partial charge in [0.2, 0.25) is 0 Å². The van der Waals surface area contributed by atoms with Crippen molar-refractivity contribution in [3.05, 3.63) is 112 Å². The summed E-state index contributed by atoms with van der Waals surface area (Å²) in [6, 6.07) is 25.4. The lowest BCUT2D eigenvalue weighted by Gasteiger charge is -2.25. The molecule has 0 aliphatic carbocycles.